The van der Waals surface area contributed by atoms with Crippen LogP contribution >= 0.6 is 0 Å². The minimum Gasteiger partial charge on any atom is -0.508 e. The zero-order chi connectivity index (χ0) is 12.3. The number of aliphatic hydroxyl groups is 3. The lowest BCUT2D eigenvalue weighted by molar-refractivity contribution is -0.0596. The van der Waals surface area contributed by atoms with Crippen LogP contribution in [0.15, 0.2) is 48.4 Å². The first-order valence-electron chi connectivity index (χ1n) is 5.32. The van der Waals surface area contributed by atoms with Crippen LogP contribution in [0.2, 0.25) is 0 Å². The number of hydrogen-bond donors (Lipinski definition) is 3. The minimum absolute atomic E-state index is 0.118. The highest BCUT2D eigenvalue weighted by molar-refractivity contribution is 5.51. The Hall–Kier alpha value is -1.78. The summed E-state index contributed by atoms with van der Waals surface area (Å²) >= 11 is 0. The van der Waals surface area contributed by atoms with Crippen molar-refractivity contribution in [2.75, 3.05) is 0 Å². The standard InChI is InChI=1S/C13H14O4/c14-10-6-7-17-13(12(10)16)11(15)8-9-4-2-1-3-5-9/h1-8,10,12-16H/t10-,12+,13-/m1/s1. The van der Waals surface area contributed by atoms with E-state index in [9.17, 15) is 15.3 Å². The van der Waals surface area contributed by atoms with Gasteiger partial charge in [0.25, 0.3) is 0 Å². The summed E-state index contributed by atoms with van der Waals surface area (Å²) < 4.78 is 5.09. The highest BCUT2D eigenvalue weighted by atomic mass is 16.5. The second-order valence-electron chi connectivity index (χ2n) is 3.85. The fourth-order valence-electron chi connectivity index (χ4n) is 1.63. The van der Waals surface area contributed by atoms with Gasteiger partial charge in [-0.1, -0.05) is 30.3 Å². The first-order valence-corrected chi connectivity index (χ1v) is 5.32. The molecule has 0 aromatic heterocycles. The molecule has 1 aromatic carbocycles. The molecule has 0 aliphatic carbocycles. The lowest BCUT2D eigenvalue weighted by Gasteiger charge is -2.27. The monoisotopic (exact) mass is 234 g/mol. The van der Waals surface area contributed by atoms with Crippen LogP contribution in [0, 0.1) is 0 Å². The third-order valence-corrected chi connectivity index (χ3v) is 2.57. The smallest absolute Gasteiger partial charge is 0.183 e. The normalized spacial score (nSPS) is 28.8. The van der Waals surface area contributed by atoms with E-state index in [1.165, 1.54) is 18.4 Å². The first kappa shape index (κ1) is 11.7. The first-order chi connectivity index (χ1) is 8.18. The molecule has 4 nitrogen and oxygen atoms in total. The molecule has 2 rings (SSSR count). The Balaban J connectivity index is 2.18. The number of benzene rings is 1. The fraction of sp³-hybridized carbons (Fsp3) is 0.231. The van der Waals surface area contributed by atoms with Gasteiger partial charge >= 0.3 is 0 Å². The summed E-state index contributed by atoms with van der Waals surface area (Å²) in [5.74, 6) is -0.118. The van der Waals surface area contributed by atoms with Crippen molar-refractivity contribution in [2.24, 2.45) is 0 Å². The van der Waals surface area contributed by atoms with Gasteiger partial charge in [0, 0.05) is 0 Å². The molecule has 17 heavy (non-hydrogen) atoms. The SMILES string of the molecule is OC(=Cc1ccccc1)[C@H]1OC=C[C@@H](O)[C@@H]1O. The van der Waals surface area contributed by atoms with Crippen molar-refractivity contribution in [1.82, 2.24) is 0 Å². The largest absolute Gasteiger partial charge is 0.508 e. The fourth-order valence-corrected chi connectivity index (χ4v) is 1.63. The van der Waals surface area contributed by atoms with Crippen molar-refractivity contribution < 1.29 is 20.1 Å². The van der Waals surface area contributed by atoms with Gasteiger partial charge in [0.2, 0.25) is 0 Å². The lowest BCUT2D eigenvalue weighted by Crippen LogP contribution is -2.41. The van der Waals surface area contributed by atoms with E-state index in [-0.39, 0.29) is 5.76 Å². The molecule has 0 amide bonds. The van der Waals surface area contributed by atoms with Crippen molar-refractivity contribution in [2.45, 2.75) is 18.3 Å². The van der Waals surface area contributed by atoms with E-state index in [0.717, 1.165) is 5.56 Å². The summed E-state index contributed by atoms with van der Waals surface area (Å²) in [6, 6.07) is 9.18. The van der Waals surface area contributed by atoms with E-state index in [4.69, 9.17) is 4.74 Å². The topological polar surface area (TPSA) is 69.9 Å². The maximum atomic E-state index is 9.85. The van der Waals surface area contributed by atoms with Crippen LogP contribution in [0.25, 0.3) is 6.08 Å². The molecular weight excluding hydrogens is 220 g/mol. The summed E-state index contributed by atoms with van der Waals surface area (Å²) in [5.41, 5.74) is 0.796. The minimum atomic E-state index is -1.17. The quantitative estimate of drug-likeness (QED) is 0.673. The maximum Gasteiger partial charge on any atom is 0.183 e. The molecule has 1 heterocycles. The third-order valence-electron chi connectivity index (χ3n) is 2.57. The predicted molar refractivity (Wildman–Crippen MR) is 63.1 cm³/mol. The molecule has 3 atom stereocenters. The Labute approximate surface area is 99.1 Å². The average molecular weight is 234 g/mol. The second-order valence-corrected chi connectivity index (χ2v) is 3.85. The molecule has 1 aromatic rings. The van der Waals surface area contributed by atoms with Crippen LogP contribution < -0.4 is 0 Å². The van der Waals surface area contributed by atoms with E-state index in [1.807, 2.05) is 30.3 Å². The molecule has 0 fully saturated rings. The Morgan fingerprint density at radius 1 is 1.18 bits per heavy atom. The Bertz CT molecular complexity index is 424. The van der Waals surface area contributed by atoms with E-state index >= 15 is 0 Å². The molecule has 3 N–H and O–H groups in total. The molecule has 1 aliphatic heterocycles. The van der Waals surface area contributed by atoms with E-state index in [0.29, 0.717) is 0 Å². The van der Waals surface area contributed by atoms with Gasteiger partial charge in [-0.3, -0.25) is 0 Å². The Kier molecular flexibility index (Phi) is 3.46. The van der Waals surface area contributed by atoms with Gasteiger partial charge in [-0.15, -0.1) is 0 Å². The second kappa shape index (κ2) is 5.03. The van der Waals surface area contributed by atoms with Crippen molar-refractivity contribution in [3.63, 3.8) is 0 Å². The number of ether oxygens (including phenoxy) is 1. The summed E-state index contributed by atoms with van der Waals surface area (Å²) in [4.78, 5) is 0. The van der Waals surface area contributed by atoms with Crippen molar-refractivity contribution in [3.05, 3.63) is 54.0 Å². The maximum absolute atomic E-state index is 9.85. The van der Waals surface area contributed by atoms with Gasteiger partial charge in [0.1, 0.15) is 18.0 Å². The highest BCUT2D eigenvalue weighted by Crippen LogP contribution is 2.19. The summed E-state index contributed by atoms with van der Waals surface area (Å²) in [6.07, 6.45) is 0.976. The molecule has 1 aliphatic rings. The van der Waals surface area contributed by atoms with Crippen LogP contribution in [0.3, 0.4) is 0 Å². The van der Waals surface area contributed by atoms with Gasteiger partial charge in [-0.25, -0.2) is 0 Å². The van der Waals surface area contributed by atoms with Crippen LogP contribution in [0.5, 0.6) is 0 Å². The molecule has 0 bridgehead atoms. The average Bonchev–Trinajstić information content (AvgIpc) is 2.34. The molecule has 0 radical (unpaired) electrons. The van der Waals surface area contributed by atoms with Crippen LogP contribution in [-0.2, 0) is 4.74 Å². The summed E-state index contributed by atoms with van der Waals surface area (Å²) in [5, 5.41) is 28.9. The van der Waals surface area contributed by atoms with Gasteiger partial charge in [0.05, 0.1) is 6.26 Å². The van der Waals surface area contributed by atoms with Gasteiger partial charge in [-0.2, -0.15) is 0 Å². The zero-order valence-electron chi connectivity index (χ0n) is 9.10. The molecule has 4 heteroatoms. The summed E-state index contributed by atoms with van der Waals surface area (Å²) in [6.45, 7) is 0. The van der Waals surface area contributed by atoms with Gasteiger partial charge in [0.15, 0.2) is 6.10 Å². The van der Waals surface area contributed by atoms with Crippen molar-refractivity contribution in [1.29, 1.82) is 0 Å². The highest BCUT2D eigenvalue weighted by Gasteiger charge is 2.31. The van der Waals surface area contributed by atoms with Crippen molar-refractivity contribution in [3.8, 4) is 0 Å². The van der Waals surface area contributed by atoms with Crippen LogP contribution in [-0.4, -0.2) is 33.6 Å². The molecule has 0 saturated heterocycles. The predicted octanol–water partition coefficient (Wildman–Crippen LogP) is 1.22. The lowest BCUT2D eigenvalue weighted by atomic mass is 10.0. The molecule has 0 saturated carbocycles. The molecule has 0 spiro atoms. The number of aliphatic hydroxyl groups excluding tert-OH is 3. The van der Waals surface area contributed by atoms with Gasteiger partial charge < -0.3 is 20.1 Å². The van der Waals surface area contributed by atoms with E-state index in [2.05, 4.69) is 0 Å². The third kappa shape index (κ3) is 2.67. The Morgan fingerprint density at radius 2 is 1.88 bits per heavy atom. The van der Waals surface area contributed by atoms with E-state index in [1.54, 1.807) is 0 Å². The molecule has 0 unspecified atom stereocenters. The van der Waals surface area contributed by atoms with Gasteiger partial charge in [-0.05, 0) is 17.7 Å². The summed E-state index contributed by atoms with van der Waals surface area (Å²) in [7, 11) is 0. The van der Waals surface area contributed by atoms with Crippen LogP contribution in [0.1, 0.15) is 5.56 Å². The zero-order valence-corrected chi connectivity index (χ0v) is 9.10. The molecule has 90 valence electrons. The van der Waals surface area contributed by atoms with Crippen LogP contribution in [0.4, 0.5) is 0 Å². The Morgan fingerprint density at radius 3 is 2.59 bits per heavy atom. The number of rotatable bonds is 2. The number of hydrogen-bond acceptors (Lipinski definition) is 4. The van der Waals surface area contributed by atoms with E-state index < -0.39 is 18.3 Å². The van der Waals surface area contributed by atoms with Crippen molar-refractivity contribution >= 4 is 6.08 Å². The molecular formula is C13H14O4.